The van der Waals surface area contributed by atoms with Gasteiger partial charge in [-0.2, -0.15) is 0 Å². The van der Waals surface area contributed by atoms with Crippen molar-refractivity contribution in [3.63, 3.8) is 0 Å². The number of hydrogen-bond acceptors (Lipinski definition) is 10. The highest BCUT2D eigenvalue weighted by Crippen LogP contribution is 2.18. The fourth-order valence-corrected chi connectivity index (χ4v) is 7.13. The van der Waals surface area contributed by atoms with Crippen molar-refractivity contribution in [1.29, 1.82) is 0 Å². The van der Waals surface area contributed by atoms with Crippen molar-refractivity contribution >= 4 is 18.1 Å². The lowest BCUT2D eigenvalue weighted by Gasteiger charge is -2.20. The van der Waals surface area contributed by atoms with E-state index >= 15 is 0 Å². The van der Waals surface area contributed by atoms with Crippen molar-refractivity contribution < 1.29 is 42.8 Å². The molecule has 0 saturated carbocycles. The van der Waals surface area contributed by atoms with Crippen LogP contribution in [0.5, 0.6) is 0 Å². The Balaban J connectivity index is 4.85. The lowest BCUT2D eigenvalue weighted by molar-refractivity contribution is -0.161. The Kier molecular flexibility index (Phi) is 44.2. The van der Waals surface area contributed by atoms with Gasteiger partial charge in [0.05, 0.1) is 18.9 Å². The van der Waals surface area contributed by atoms with E-state index < -0.39 is 24.3 Å². The van der Waals surface area contributed by atoms with Crippen LogP contribution in [0.2, 0.25) is 0 Å². The van der Waals surface area contributed by atoms with E-state index in [9.17, 15) is 14.4 Å². The van der Waals surface area contributed by atoms with Gasteiger partial charge in [-0.15, -0.1) is 0 Å². The van der Waals surface area contributed by atoms with E-state index in [1.807, 2.05) is 0 Å². The minimum atomic E-state index is -0.779. The van der Waals surface area contributed by atoms with Gasteiger partial charge in [0, 0.05) is 32.6 Å². The summed E-state index contributed by atoms with van der Waals surface area (Å²) >= 11 is 0. The summed E-state index contributed by atoms with van der Waals surface area (Å²) in [6.07, 6.45) is 33.2. The number of esters is 2. The predicted molar refractivity (Wildman–Crippen MR) is 251 cm³/mol. The Morgan fingerprint density at radius 2 is 0.984 bits per heavy atom. The number of carbonyl (C=O) groups is 3. The second kappa shape index (κ2) is 45.8. The molecular weight excluding hydrogens is 771 g/mol. The second-order valence-electron chi connectivity index (χ2n) is 17.2. The third-order valence-corrected chi connectivity index (χ3v) is 11.4. The molecule has 0 N–H and O–H groups in total. The van der Waals surface area contributed by atoms with Crippen molar-refractivity contribution in [3.8, 4) is 0 Å². The Morgan fingerprint density at radius 3 is 1.59 bits per heavy atom. The third-order valence-electron chi connectivity index (χ3n) is 11.4. The molecule has 0 aromatic rings. The standard InChI is InChI=1S/C51H97NO9/c1-7-12-15-18-21-23-28-34-46(6)35-29-24-22-25-30-36-48(53)59-43-47(45-61-51(55)58-42-33-39-52(10-4)11-5)44-60-49(54)37-38-50(56-40-31-26-19-16-13-8-2)57-41-32-27-20-17-14-9-3/h21,23,46-47,50H,7-20,22,24-45H2,1-6H3/b23-21-/t46?,47-/m0/s1. The molecule has 0 fully saturated rings. The largest absolute Gasteiger partial charge is 0.508 e. The van der Waals surface area contributed by atoms with Crippen LogP contribution in [0.3, 0.4) is 0 Å². The number of rotatable bonds is 46. The van der Waals surface area contributed by atoms with Crippen LogP contribution >= 0.6 is 0 Å². The van der Waals surface area contributed by atoms with Crippen LogP contribution in [-0.4, -0.2) is 88.6 Å². The quantitative estimate of drug-likeness (QED) is 0.0193. The average molecular weight is 868 g/mol. The SMILES string of the molecule is CCCCC/C=C\CCC(C)CCCCCCCC(=O)OC[C@@H](COC(=O)CCC(OCCCCCCCC)OCCCCCCCC)COC(=O)OCCCN(CC)CC. The number of allylic oxidation sites excluding steroid dienone is 2. The highest BCUT2D eigenvalue weighted by atomic mass is 16.7. The topological polar surface area (TPSA) is 110 Å². The van der Waals surface area contributed by atoms with E-state index in [2.05, 4.69) is 58.6 Å². The first-order valence-electron chi connectivity index (χ1n) is 25.5. The van der Waals surface area contributed by atoms with Crippen LogP contribution in [0.4, 0.5) is 4.79 Å². The maximum absolute atomic E-state index is 13.0. The summed E-state index contributed by atoms with van der Waals surface area (Å²) < 4.78 is 34.1. The molecule has 61 heavy (non-hydrogen) atoms. The Bertz CT molecular complexity index is 986. The summed E-state index contributed by atoms with van der Waals surface area (Å²) in [5, 5.41) is 0. The molecule has 0 heterocycles. The number of hydrogen-bond donors (Lipinski definition) is 0. The zero-order valence-corrected chi connectivity index (χ0v) is 40.7. The number of carbonyl (C=O) groups excluding carboxylic acids is 3. The van der Waals surface area contributed by atoms with Crippen molar-refractivity contribution in [2.75, 3.05) is 59.3 Å². The fourth-order valence-electron chi connectivity index (χ4n) is 7.13. The zero-order chi connectivity index (χ0) is 44.9. The number of ether oxygens (including phenoxy) is 6. The molecule has 10 nitrogen and oxygen atoms in total. The monoisotopic (exact) mass is 868 g/mol. The number of unbranched alkanes of at least 4 members (excludes halogenated alkanes) is 17. The lowest BCUT2D eigenvalue weighted by atomic mass is 9.97. The molecule has 0 aliphatic heterocycles. The van der Waals surface area contributed by atoms with Crippen LogP contribution in [0, 0.1) is 11.8 Å². The first kappa shape index (κ1) is 58.8. The second-order valence-corrected chi connectivity index (χ2v) is 17.2. The van der Waals surface area contributed by atoms with Crippen LogP contribution in [0.15, 0.2) is 12.2 Å². The van der Waals surface area contributed by atoms with E-state index in [-0.39, 0.29) is 38.8 Å². The van der Waals surface area contributed by atoms with Crippen LogP contribution < -0.4 is 0 Å². The molecule has 2 atom stereocenters. The molecule has 0 spiro atoms. The molecule has 0 aromatic heterocycles. The van der Waals surface area contributed by atoms with E-state index in [1.165, 1.54) is 109 Å². The Morgan fingerprint density at radius 1 is 0.475 bits per heavy atom. The average Bonchev–Trinajstić information content (AvgIpc) is 3.26. The Hall–Kier alpha value is -2.17. The van der Waals surface area contributed by atoms with Crippen molar-refractivity contribution in [1.82, 2.24) is 4.90 Å². The Labute approximate surface area is 375 Å². The minimum absolute atomic E-state index is 0.0153. The van der Waals surface area contributed by atoms with Gasteiger partial charge >= 0.3 is 18.1 Å². The van der Waals surface area contributed by atoms with E-state index in [1.54, 1.807) is 0 Å². The van der Waals surface area contributed by atoms with Gasteiger partial charge in [0.15, 0.2) is 6.29 Å². The molecule has 0 radical (unpaired) electrons. The predicted octanol–water partition coefficient (Wildman–Crippen LogP) is 13.7. The number of nitrogens with zero attached hydrogens (tertiary/aromatic N) is 1. The first-order chi connectivity index (χ1) is 29.8. The molecule has 0 aromatic carbocycles. The van der Waals surface area contributed by atoms with Gasteiger partial charge < -0.3 is 33.3 Å². The molecule has 0 rings (SSSR count). The van der Waals surface area contributed by atoms with Crippen LogP contribution in [0.25, 0.3) is 0 Å². The van der Waals surface area contributed by atoms with E-state index in [4.69, 9.17) is 28.4 Å². The van der Waals surface area contributed by atoms with Crippen LogP contribution in [0.1, 0.15) is 221 Å². The summed E-state index contributed by atoms with van der Waals surface area (Å²) in [6.45, 7) is 17.3. The summed E-state index contributed by atoms with van der Waals surface area (Å²) in [5.74, 6) is -0.459. The molecule has 360 valence electrons. The van der Waals surface area contributed by atoms with Gasteiger partial charge in [0.25, 0.3) is 0 Å². The maximum atomic E-state index is 13.0. The van der Waals surface area contributed by atoms with Gasteiger partial charge in [-0.05, 0) is 70.4 Å². The molecule has 10 heteroatoms. The van der Waals surface area contributed by atoms with Gasteiger partial charge in [-0.3, -0.25) is 9.59 Å². The zero-order valence-electron chi connectivity index (χ0n) is 40.7. The molecule has 1 unspecified atom stereocenters. The molecule has 0 aliphatic rings. The summed E-state index contributed by atoms with van der Waals surface area (Å²) in [7, 11) is 0. The molecular formula is C51H97NO9. The maximum Gasteiger partial charge on any atom is 0.508 e. The summed E-state index contributed by atoms with van der Waals surface area (Å²) in [5.41, 5.74) is 0. The molecule has 0 bridgehead atoms. The van der Waals surface area contributed by atoms with Crippen molar-refractivity contribution in [3.05, 3.63) is 12.2 Å². The van der Waals surface area contributed by atoms with Gasteiger partial charge in [-0.1, -0.05) is 163 Å². The summed E-state index contributed by atoms with van der Waals surface area (Å²) in [6, 6.07) is 0. The van der Waals surface area contributed by atoms with E-state index in [0.717, 1.165) is 70.5 Å². The lowest BCUT2D eigenvalue weighted by Crippen LogP contribution is -2.28. The van der Waals surface area contributed by atoms with Crippen LogP contribution in [-0.2, 0) is 38.0 Å². The van der Waals surface area contributed by atoms with Gasteiger partial charge in [0.2, 0.25) is 0 Å². The molecule has 0 amide bonds. The van der Waals surface area contributed by atoms with E-state index in [0.29, 0.717) is 32.5 Å². The fraction of sp³-hybridized carbons (Fsp3) is 0.902. The smallest absolute Gasteiger partial charge is 0.465 e. The van der Waals surface area contributed by atoms with Crippen molar-refractivity contribution in [2.45, 2.75) is 228 Å². The highest BCUT2D eigenvalue weighted by molar-refractivity contribution is 5.69. The molecule has 0 saturated heterocycles. The first-order valence-corrected chi connectivity index (χ1v) is 25.5. The third kappa shape index (κ3) is 41.6. The normalized spacial score (nSPS) is 12.7. The minimum Gasteiger partial charge on any atom is -0.465 e. The van der Waals surface area contributed by atoms with Gasteiger partial charge in [-0.25, -0.2) is 4.79 Å². The van der Waals surface area contributed by atoms with Gasteiger partial charge in [0.1, 0.15) is 19.8 Å². The highest BCUT2D eigenvalue weighted by Gasteiger charge is 2.20. The summed E-state index contributed by atoms with van der Waals surface area (Å²) in [4.78, 5) is 40.3. The van der Waals surface area contributed by atoms with Crippen molar-refractivity contribution in [2.24, 2.45) is 11.8 Å². The molecule has 0 aliphatic carbocycles.